The van der Waals surface area contributed by atoms with Crippen molar-refractivity contribution < 1.29 is 4.42 Å². The van der Waals surface area contributed by atoms with E-state index in [1.165, 1.54) is 0 Å². The molecule has 15 aromatic rings. The van der Waals surface area contributed by atoms with Crippen molar-refractivity contribution >= 4 is 109 Å². The third kappa shape index (κ3) is 4.89. The molecular weight excluding hydrogens is 857 g/mol. The minimum atomic E-state index is 0.362. The number of para-hydroxylation sites is 7. The summed E-state index contributed by atoms with van der Waals surface area (Å²) < 4.78 is 15.9. The number of fused-ring (bicyclic) bond motifs is 16. The summed E-state index contributed by atoms with van der Waals surface area (Å²) in [5, 5.41) is 35.0. The maximum Gasteiger partial charge on any atom is 0.145 e. The average Bonchev–Trinajstić information content (AvgIpc) is 4.21. The van der Waals surface area contributed by atoms with E-state index in [0.29, 0.717) is 33.9 Å². The largest absolute Gasteiger partial charge is 0.455 e. The lowest BCUT2D eigenvalue weighted by Crippen LogP contribution is -2.16. The highest BCUT2D eigenvalue weighted by Gasteiger charge is 2.35. The standard InChI is InChI=1S/C63H36N6O/c1-37-30-32-55-46(34-37)58-56(33-31-45-44-22-8-15-29-57(44)70-63(45)58)69(55)62-60(67-51-25-11-4-18-40(51)41-19-5-12-26-52(41)67)47(35-64)59(66-49-23-9-2-16-38(49)39-17-3-10-24-50(39)66)48(36-65)61(62)68-53-27-13-6-20-42(53)43-21-7-14-28-54(43)68/h2-34H,1H3. The Bertz CT molecular complexity index is 4570. The van der Waals surface area contributed by atoms with Crippen molar-refractivity contribution in [2.24, 2.45) is 0 Å². The number of nitriles is 2. The van der Waals surface area contributed by atoms with Gasteiger partial charge in [-0.25, -0.2) is 0 Å². The first-order valence-corrected chi connectivity index (χ1v) is 23.5. The van der Waals surface area contributed by atoms with Gasteiger partial charge >= 0.3 is 0 Å². The van der Waals surface area contributed by atoms with E-state index in [1.807, 2.05) is 24.3 Å². The number of benzene rings is 10. The molecule has 5 heterocycles. The summed E-state index contributed by atoms with van der Waals surface area (Å²) in [4.78, 5) is 0. The van der Waals surface area contributed by atoms with Gasteiger partial charge in [-0.15, -0.1) is 0 Å². The Morgan fingerprint density at radius 3 is 1.13 bits per heavy atom. The van der Waals surface area contributed by atoms with Crippen LogP contribution >= 0.6 is 0 Å². The maximum atomic E-state index is 12.4. The van der Waals surface area contributed by atoms with Crippen molar-refractivity contribution in [3.05, 3.63) is 217 Å². The topological polar surface area (TPSA) is 80.4 Å². The highest BCUT2D eigenvalue weighted by atomic mass is 16.3. The molecule has 7 nitrogen and oxygen atoms in total. The highest BCUT2D eigenvalue weighted by Crippen LogP contribution is 2.50. The van der Waals surface area contributed by atoms with Gasteiger partial charge in [-0.3, -0.25) is 0 Å². The lowest BCUT2D eigenvalue weighted by atomic mass is 9.98. The van der Waals surface area contributed by atoms with Crippen molar-refractivity contribution in [3.8, 4) is 34.9 Å². The Kier molecular flexibility index (Phi) is 7.72. The summed E-state index contributed by atoms with van der Waals surface area (Å²) in [5.74, 6) is 0. The molecule has 7 heteroatoms. The van der Waals surface area contributed by atoms with Gasteiger partial charge in [0, 0.05) is 48.5 Å². The molecule has 0 aliphatic carbocycles. The molecule has 0 fully saturated rings. The first-order valence-electron chi connectivity index (χ1n) is 23.5. The van der Waals surface area contributed by atoms with Crippen LogP contribution in [0.25, 0.3) is 132 Å². The summed E-state index contributed by atoms with van der Waals surface area (Å²) >= 11 is 0. The van der Waals surface area contributed by atoms with Crippen molar-refractivity contribution in [2.45, 2.75) is 6.92 Å². The number of aryl methyl sites for hydroxylation is 1. The molecule has 0 radical (unpaired) electrons. The number of hydrogen-bond donors (Lipinski definition) is 0. The molecule has 324 valence electrons. The third-order valence-electron chi connectivity index (χ3n) is 14.7. The second kappa shape index (κ2) is 14.1. The van der Waals surface area contributed by atoms with E-state index in [1.54, 1.807) is 0 Å². The van der Waals surface area contributed by atoms with Crippen LogP contribution in [-0.2, 0) is 0 Å². The zero-order valence-electron chi connectivity index (χ0n) is 37.6. The molecule has 0 aliphatic heterocycles. The van der Waals surface area contributed by atoms with Crippen LogP contribution in [0.15, 0.2) is 205 Å². The van der Waals surface area contributed by atoms with Crippen LogP contribution in [0.1, 0.15) is 16.7 Å². The van der Waals surface area contributed by atoms with Gasteiger partial charge < -0.3 is 22.7 Å². The summed E-state index contributed by atoms with van der Waals surface area (Å²) in [6.45, 7) is 2.12. The predicted molar refractivity (Wildman–Crippen MR) is 285 cm³/mol. The Labute approximate surface area is 399 Å². The fourth-order valence-corrected chi connectivity index (χ4v) is 11.9. The zero-order chi connectivity index (χ0) is 46.4. The van der Waals surface area contributed by atoms with E-state index < -0.39 is 0 Å². The molecule has 0 amide bonds. The monoisotopic (exact) mass is 892 g/mol. The van der Waals surface area contributed by atoms with Crippen molar-refractivity contribution in [2.75, 3.05) is 0 Å². The SMILES string of the molecule is Cc1ccc2c(c1)c1c3oc4ccccc4c3ccc1n2-c1c(-n2c3ccccc3c3ccccc32)c(C#N)c(-n2c3ccccc3c3ccccc32)c(C#N)c1-n1c2ccccc2c2ccccc21. The third-order valence-corrected chi connectivity index (χ3v) is 14.7. The zero-order valence-corrected chi connectivity index (χ0v) is 37.6. The molecule has 10 aromatic carbocycles. The van der Waals surface area contributed by atoms with Gasteiger partial charge in [0.25, 0.3) is 0 Å². The normalized spacial score (nSPS) is 12.0. The van der Waals surface area contributed by atoms with Crippen LogP contribution in [-0.4, -0.2) is 18.3 Å². The van der Waals surface area contributed by atoms with Crippen LogP contribution in [0.4, 0.5) is 0 Å². The van der Waals surface area contributed by atoms with Crippen molar-refractivity contribution in [1.29, 1.82) is 10.5 Å². The van der Waals surface area contributed by atoms with Gasteiger partial charge in [0.2, 0.25) is 0 Å². The second-order valence-corrected chi connectivity index (χ2v) is 18.3. The van der Waals surface area contributed by atoms with Crippen molar-refractivity contribution in [3.63, 3.8) is 0 Å². The fraction of sp³-hybridized carbons (Fsp3) is 0.0159. The lowest BCUT2D eigenvalue weighted by molar-refractivity contribution is 0.673. The lowest BCUT2D eigenvalue weighted by Gasteiger charge is -2.27. The minimum Gasteiger partial charge on any atom is -0.455 e. The predicted octanol–water partition coefficient (Wildman–Crippen LogP) is 16.0. The van der Waals surface area contributed by atoms with Crippen LogP contribution < -0.4 is 0 Å². The smallest absolute Gasteiger partial charge is 0.145 e. The van der Waals surface area contributed by atoms with Gasteiger partial charge in [-0.2, -0.15) is 10.5 Å². The van der Waals surface area contributed by atoms with E-state index in [0.717, 1.165) is 115 Å². The average molecular weight is 893 g/mol. The molecule has 70 heavy (non-hydrogen) atoms. The van der Waals surface area contributed by atoms with Crippen molar-refractivity contribution in [1.82, 2.24) is 18.3 Å². The number of hydrogen-bond acceptors (Lipinski definition) is 3. The van der Waals surface area contributed by atoms with E-state index >= 15 is 0 Å². The van der Waals surface area contributed by atoms with Gasteiger partial charge in [0.15, 0.2) is 0 Å². The van der Waals surface area contributed by atoms with Crippen LogP contribution in [0.3, 0.4) is 0 Å². The highest BCUT2D eigenvalue weighted by molar-refractivity contribution is 6.25. The van der Waals surface area contributed by atoms with E-state index in [9.17, 15) is 10.5 Å². The first-order chi connectivity index (χ1) is 34.6. The molecule has 0 N–H and O–H groups in total. The Balaban J connectivity index is 1.29. The molecule has 5 aromatic heterocycles. The Morgan fingerprint density at radius 2 is 0.686 bits per heavy atom. The number of rotatable bonds is 4. The van der Waals surface area contributed by atoms with Crippen LogP contribution in [0, 0.1) is 29.6 Å². The number of furan rings is 1. The second-order valence-electron chi connectivity index (χ2n) is 18.3. The summed E-state index contributed by atoms with van der Waals surface area (Å²) in [7, 11) is 0. The minimum absolute atomic E-state index is 0.362. The maximum absolute atomic E-state index is 12.4. The quantitative estimate of drug-likeness (QED) is 0.176. The fourth-order valence-electron chi connectivity index (χ4n) is 11.9. The summed E-state index contributed by atoms with van der Waals surface area (Å²) in [5.41, 5.74) is 13.2. The van der Waals surface area contributed by atoms with Crippen LogP contribution in [0.2, 0.25) is 0 Å². The summed E-state index contributed by atoms with van der Waals surface area (Å²) in [6.07, 6.45) is 0. The van der Waals surface area contributed by atoms with Crippen LogP contribution in [0.5, 0.6) is 0 Å². The Morgan fingerprint density at radius 1 is 0.329 bits per heavy atom. The van der Waals surface area contributed by atoms with Gasteiger partial charge in [-0.05, 0) is 73.7 Å². The molecule has 0 saturated heterocycles. The molecule has 0 bridgehead atoms. The molecule has 0 saturated carbocycles. The van der Waals surface area contributed by atoms with E-state index in [2.05, 4.69) is 213 Å². The van der Waals surface area contributed by atoms with Gasteiger partial charge in [0.1, 0.15) is 34.4 Å². The molecule has 0 aliphatic rings. The van der Waals surface area contributed by atoms with E-state index in [-0.39, 0.29) is 0 Å². The van der Waals surface area contributed by atoms with E-state index in [4.69, 9.17) is 4.42 Å². The molecule has 0 unspecified atom stereocenters. The Hall–Kier alpha value is -9.82. The molecule has 15 rings (SSSR count). The first kappa shape index (κ1) is 38.3. The van der Waals surface area contributed by atoms with Gasteiger partial charge in [0.05, 0.1) is 72.3 Å². The number of aromatic nitrogens is 4. The molecular formula is C63H36N6O. The number of nitrogens with zero attached hydrogens (tertiary/aromatic N) is 6. The summed E-state index contributed by atoms with van der Waals surface area (Å²) in [6, 6.07) is 75.2. The molecule has 0 atom stereocenters. The van der Waals surface area contributed by atoms with Gasteiger partial charge in [-0.1, -0.05) is 139 Å². The molecule has 0 spiro atoms.